The summed E-state index contributed by atoms with van der Waals surface area (Å²) in [6.45, 7) is 10.9. The van der Waals surface area contributed by atoms with Crippen molar-refractivity contribution in [1.29, 1.82) is 0 Å². The Labute approximate surface area is 357 Å². The highest BCUT2D eigenvalue weighted by Gasteiger charge is 2.63. The molecule has 1 aromatic carbocycles. The van der Waals surface area contributed by atoms with Crippen LogP contribution in [0.3, 0.4) is 0 Å². The Bertz CT molecular complexity index is 2170. The van der Waals surface area contributed by atoms with E-state index in [0.717, 1.165) is 30.3 Å². The Kier molecular flexibility index (Phi) is 12.4. The van der Waals surface area contributed by atoms with Gasteiger partial charge in [0.25, 0.3) is 5.92 Å². The van der Waals surface area contributed by atoms with Crippen molar-refractivity contribution >= 4 is 50.1 Å². The van der Waals surface area contributed by atoms with Crippen molar-refractivity contribution < 1.29 is 50.6 Å². The summed E-state index contributed by atoms with van der Waals surface area (Å²) in [5, 5.41) is 1.65. The molecule has 0 spiro atoms. The van der Waals surface area contributed by atoms with Gasteiger partial charge in [-0.05, 0) is 83.1 Å². The summed E-state index contributed by atoms with van der Waals surface area (Å²) in [5.74, 6) is -7.46. The Balaban J connectivity index is 1.22. The molecule has 61 heavy (non-hydrogen) atoms. The number of nitrogens with zero attached hydrogens (tertiary/aromatic N) is 3. The lowest BCUT2D eigenvalue weighted by Gasteiger charge is -2.34. The molecule has 5 aliphatic rings. The molecule has 16 heteroatoms. The maximum absolute atomic E-state index is 15.0. The third kappa shape index (κ3) is 9.30. The monoisotopic (exact) mass is 870 g/mol. The molecule has 334 valence electrons. The van der Waals surface area contributed by atoms with Gasteiger partial charge in [0.1, 0.15) is 6.10 Å². The standard InChI is InChI=1S/C45H60F2N4O9S/c1-28-11-7-8-12-30-24-45(30,41(55)49-61(56,57)43(5)15-16-43)25-37(52)35-22-31(59-39-33-14-10-9-13-32(33)36(26-48-39)50-17-19-58-20-18-50)27-51(35)40(54)34(29(2)21-28)23-38(53)60-42(3,4)44(6,46)47/h8-10,12-14,26,28-31,34-35H,7,11,15-25,27H2,1-6H3,(H,49,55)/b12-8-/t28-,29+,30+,31+,34-,35-,45+/m0/s1. The van der Waals surface area contributed by atoms with Crippen molar-refractivity contribution in [2.75, 3.05) is 37.7 Å². The maximum Gasteiger partial charge on any atom is 0.307 e. The Hall–Kier alpha value is -4.18. The first-order valence-corrected chi connectivity index (χ1v) is 23.2. The average molecular weight is 871 g/mol. The van der Waals surface area contributed by atoms with Crippen LogP contribution in [0.2, 0.25) is 0 Å². The van der Waals surface area contributed by atoms with Gasteiger partial charge in [-0.3, -0.25) is 23.9 Å². The number of hydrogen-bond donors (Lipinski definition) is 1. The summed E-state index contributed by atoms with van der Waals surface area (Å²) in [5.41, 5.74) is -2.56. The number of ether oxygens (including phenoxy) is 3. The summed E-state index contributed by atoms with van der Waals surface area (Å²) in [6, 6.07) is 6.59. The number of halogens is 2. The molecule has 0 unspecified atom stereocenters. The SMILES string of the molecule is C[C@H]1CC/C=C\[C@@H]2C[C@@]2(C(=O)NS(=O)(=O)C2(C)CC2)CC(=O)[C@@H]2C[C@@H](Oc3ncc(N4CCOCC4)c4ccccc34)CN2C(=O)[C@@H](CC(=O)OC(C)(C)C(C)(F)F)[C@H](C)C1. The molecule has 2 aromatic rings. The molecule has 1 aromatic heterocycles. The zero-order chi connectivity index (χ0) is 44.1. The summed E-state index contributed by atoms with van der Waals surface area (Å²) in [6.07, 6.45) is 7.08. The molecular formula is C45H60F2N4O9S. The van der Waals surface area contributed by atoms with E-state index in [1.54, 1.807) is 13.1 Å². The van der Waals surface area contributed by atoms with Gasteiger partial charge in [0, 0.05) is 43.6 Å². The van der Waals surface area contributed by atoms with E-state index in [2.05, 4.69) is 9.62 Å². The van der Waals surface area contributed by atoms with Crippen LogP contribution in [-0.2, 0) is 38.7 Å². The number of morpholine rings is 1. The summed E-state index contributed by atoms with van der Waals surface area (Å²) in [7, 11) is -4.01. The number of nitrogens with one attached hydrogen (secondary N) is 1. The van der Waals surface area contributed by atoms with Crippen molar-refractivity contribution in [2.24, 2.45) is 29.1 Å². The zero-order valence-corrected chi connectivity index (χ0v) is 36.9. The number of allylic oxidation sites excluding steroid dienone is 2. The lowest BCUT2D eigenvalue weighted by Crippen LogP contribution is -2.49. The van der Waals surface area contributed by atoms with E-state index in [1.807, 2.05) is 50.3 Å². The fraction of sp³-hybridized carbons (Fsp3) is 0.667. The topological polar surface area (TPSA) is 162 Å². The number of hydrogen-bond acceptors (Lipinski definition) is 11. The predicted molar refractivity (Wildman–Crippen MR) is 224 cm³/mol. The highest BCUT2D eigenvalue weighted by molar-refractivity contribution is 7.91. The number of esters is 1. The fourth-order valence-electron chi connectivity index (χ4n) is 9.14. The van der Waals surface area contributed by atoms with Crippen molar-refractivity contribution in [3.63, 3.8) is 0 Å². The minimum Gasteiger partial charge on any atom is -0.472 e. The van der Waals surface area contributed by atoms with Crippen LogP contribution in [-0.4, -0.2) is 103 Å². The summed E-state index contributed by atoms with van der Waals surface area (Å²) in [4.78, 5) is 65.7. The molecule has 0 radical (unpaired) electrons. The van der Waals surface area contributed by atoms with Crippen LogP contribution in [0.1, 0.15) is 99.3 Å². The van der Waals surface area contributed by atoms with E-state index in [9.17, 15) is 31.6 Å². The maximum atomic E-state index is 15.0. The number of fused-ring (bicyclic) bond motifs is 3. The first-order chi connectivity index (χ1) is 28.6. The summed E-state index contributed by atoms with van der Waals surface area (Å²) >= 11 is 0. The van der Waals surface area contributed by atoms with Gasteiger partial charge in [-0.25, -0.2) is 22.2 Å². The number of pyridine rings is 1. The van der Waals surface area contributed by atoms with Crippen molar-refractivity contribution in [3.05, 3.63) is 42.6 Å². The smallest absolute Gasteiger partial charge is 0.307 e. The molecule has 2 amide bonds. The van der Waals surface area contributed by atoms with E-state index in [1.165, 1.54) is 4.90 Å². The minimum absolute atomic E-state index is 0.0391. The van der Waals surface area contributed by atoms with Crippen LogP contribution in [0.25, 0.3) is 10.8 Å². The lowest BCUT2D eigenvalue weighted by atomic mass is 9.82. The van der Waals surface area contributed by atoms with Crippen LogP contribution < -0.4 is 14.4 Å². The molecule has 7 atom stereocenters. The van der Waals surface area contributed by atoms with E-state index < -0.39 is 91.6 Å². The second-order valence-corrected chi connectivity index (χ2v) is 21.3. The Morgan fingerprint density at radius 2 is 1.74 bits per heavy atom. The van der Waals surface area contributed by atoms with Gasteiger partial charge in [0.15, 0.2) is 11.4 Å². The Morgan fingerprint density at radius 1 is 1.05 bits per heavy atom. The molecule has 3 aliphatic heterocycles. The number of alkyl halides is 2. The van der Waals surface area contributed by atoms with Gasteiger partial charge in [-0.2, -0.15) is 0 Å². The highest BCUT2D eigenvalue weighted by atomic mass is 32.2. The first-order valence-electron chi connectivity index (χ1n) is 21.7. The second kappa shape index (κ2) is 16.8. The highest BCUT2D eigenvalue weighted by Crippen LogP contribution is 2.58. The number of benzene rings is 1. The molecule has 2 saturated carbocycles. The number of Topliss-reactive ketones (excluding diaryl/α,β-unsaturated/α-hetero) is 1. The Morgan fingerprint density at radius 3 is 2.41 bits per heavy atom. The molecule has 7 rings (SSSR count). The number of carbonyl (C=O) groups excluding carboxylic acids is 4. The molecule has 4 fully saturated rings. The van der Waals surface area contributed by atoms with Gasteiger partial charge >= 0.3 is 5.97 Å². The molecule has 1 N–H and O–H groups in total. The summed E-state index contributed by atoms with van der Waals surface area (Å²) < 4.78 is 74.3. The zero-order valence-electron chi connectivity index (χ0n) is 36.1. The number of aromatic nitrogens is 1. The normalized spacial score (nSPS) is 30.4. The van der Waals surface area contributed by atoms with Crippen LogP contribution in [0.15, 0.2) is 42.6 Å². The molecule has 13 nitrogen and oxygen atoms in total. The number of rotatable bonds is 10. The molecular weight excluding hydrogens is 811 g/mol. The van der Waals surface area contributed by atoms with Gasteiger partial charge in [-0.15, -0.1) is 0 Å². The van der Waals surface area contributed by atoms with Crippen LogP contribution in [0, 0.1) is 29.1 Å². The number of amides is 2. The lowest BCUT2D eigenvalue weighted by molar-refractivity contribution is -0.197. The van der Waals surface area contributed by atoms with Gasteiger partial charge in [0.05, 0.1) is 60.2 Å². The van der Waals surface area contributed by atoms with E-state index >= 15 is 4.79 Å². The fourth-order valence-corrected chi connectivity index (χ4v) is 10.5. The first kappa shape index (κ1) is 44.9. The van der Waals surface area contributed by atoms with Crippen molar-refractivity contribution in [3.8, 4) is 5.88 Å². The van der Waals surface area contributed by atoms with E-state index in [0.29, 0.717) is 71.2 Å². The third-order valence-electron chi connectivity index (χ3n) is 14.0. The van der Waals surface area contributed by atoms with E-state index in [-0.39, 0.29) is 31.7 Å². The molecule has 4 heterocycles. The number of ketones is 1. The predicted octanol–water partition coefficient (Wildman–Crippen LogP) is 6.38. The number of carbonyl (C=O) groups is 4. The molecule has 0 bridgehead atoms. The van der Waals surface area contributed by atoms with Gasteiger partial charge < -0.3 is 24.0 Å². The van der Waals surface area contributed by atoms with Crippen molar-refractivity contribution in [2.45, 2.75) is 128 Å². The number of sulfonamides is 1. The molecule has 2 saturated heterocycles. The number of anilines is 1. The largest absolute Gasteiger partial charge is 0.472 e. The van der Waals surface area contributed by atoms with Crippen LogP contribution >= 0.6 is 0 Å². The van der Waals surface area contributed by atoms with Gasteiger partial charge in [-0.1, -0.05) is 44.2 Å². The quantitative estimate of drug-likeness (QED) is 0.209. The molecule has 2 aliphatic carbocycles. The van der Waals surface area contributed by atoms with Crippen LogP contribution in [0.4, 0.5) is 14.5 Å². The van der Waals surface area contributed by atoms with E-state index in [4.69, 9.17) is 19.2 Å². The third-order valence-corrected chi connectivity index (χ3v) is 16.1. The second-order valence-electron chi connectivity index (χ2n) is 19.1. The van der Waals surface area contributed by atoms with Gasteiger partial charge in [0.2, 0.25) is 27.7 Å². The van der Waals surface area contributed by atoms with Crippen LogP contribution in [0.5, 0.6) is 5.88 Å². The average Bonchev–Trinajstić information content (AvgIpc) is 4.08. The van der Waals surface area contributed by atoms with Crippen molar-refractivity contribution in [1.82, 2.24) is 14.6 Å². The minimum atomic E-state index is -4.01.